The Morgan fingerprint density at radius 3 is 2.10 bits per heavy atom. The first-order valence-corrected chi connectivity index (χ1v) is 8.45. The van der Waals surface area contributed by atoms with Crippen LogP contribution in [0.25, 0.3) is 0 Å². The summed E-state index contributed by atoms with van der Waals surface area (Å²) in [6, 6.07) is 12.8. The van der Waals surface area contributed by atoms with Crippen LogP contribution in [0.5, 0.6) is 0 Å². The Bertz CT molecular complexity index is 774. The van der Waals surface area contributed by atoms with E-state index in [2.05, 4.69) is 0 Å². The van der Waals surface area contributed by atoms with Crippen molar-refractivity contribution in [2.45, 2.75) is 17.7 Å². The molecule has 7 heteroatoms. The zero-order valence-electron chi connectivity index (χ0n) is 10.9. The van der Waals surface area contributed by atoms with Crippen molar-refractivity contribution in [2.75, 3.05) is 0 Å². The van der Waals surface area contributed by atoms with Gasteiger partial charge in [0.2, 0.25) is 0 Å². The van der Waals surface area contributed by atoms with Gasteiger partial charge in [-0.2, -0.15) is 0 Å². The molecular formula is C14H12ClNO4S. The van der Waals surface area contributed by atoms with Crippen LogP contribution in [0.2, 0.25) is 0 Å². The minimum absolute atomic E-state index is 0.0312. The van der Waals surface area contributed by atoms with Crippen LogP contribution in [0.3, 0.4) is 0 Å². The lowest BCUT2D eigenvalue weighted by atomic mass is 10.0. The number of hydrogen-bond acceptors (Lipinski definition) is 4. The largest absolute Gasteiger partial charge is 0.272 e. The standard InChI is InChI=1S/C14H12ClNO4S/c15-21(19,20)14-8-4-2-6-12(14)10-9-11-5-1-3-7-13(11)16(17)18/h1-8H,9-10H2. The van der Waals surface area contributed by atoms with Gasteiger partial charge in [-0.3, -0.25) is 10.1 Å². The molecule has 0 amide bonds. The van der Waals surface area contributed by atoms with Crippen molar-refractivity contribution < 1.29 is 13.3 Å². The highest BCUT2D eigenvalue weighted by atomic mass is 35.7. The van der Waals surface area contributed by atoms with Crippen LogP contribution in [0, 0.1) is 10.1 Å². The summed E-state index contributed by atoms with van der Waals surface area (Å²) in [5, 5.41) is 10.9. The predicted octanol–water partition coefficient (Wildman–Crippen LogP) is 3.31. The Morgan fingerprint density at radius 2 is 1.48 bits per heavy atom. The maximum absolute atomic E-state index is 11.5. The normalized spacial score (nSPS) is 11.3. The first kappa shape index (κ1) is 15.5. The predicted molar refractivity (Wildman–Crippen MR) is 80.0 cm³/mol. The Hall–Kier alpha value is -1.92. The molecule has 110 valence electrons. The van der Waals surface area contributed by atoms with Crippen LogP contribution >= 0.6 is 10.7 Å². The number of nitrogens with zero attached hydrogens (tertiary/aromatic N) is 1. The van der Waals surface area contributed by atoms with Gasteiger partial charge in [-0.15, -0.1) is 0 Å². The van der Waals surface area contributed by atoms with Crippen molar-refractivity contribution in [1.29, 1.82) is 0 Å². The third kappa shape index (κ3) is 3.80. The van der Waals surface area contributed by atoms with E-state index in [9.17, 15) is 18.5 Å². The van der Waals surface area contributed by atoms with Crippen LogP contribution in [0.15, 0.2) is 53.4 Å². The highest BCUT2D eigenvalue weighted by Gasteiger charge is 2.17. The van der Waals surface area contributed by atoms with Gasteiger partial charge < -0.3 is 0 Å². The molecule has 21 heavy (non-hydrogen) atoms. The van der Waals surface area contributed by atoms with E-state index in [4.69, 9.17) is 10.7 Å². The van der Waals surface area contributed by atoms with Gasteiger partial charge in [-0.05, 0) is 24.5 Å². The van der Waals surface area contributed by atoms with Gasteiger partial charge in [0.25, 0.3) is 14.7 Å². The van der Waals surface area contributed by atoms with Crippen molar-refractivity contribution in [2.24, 2.45) is 0 Å². The number of rotatable bonds is 5. The highest BCUT2D eigenvalue weighted by molar-refractivity contribution is 8.13. The molecule has 0 N–H and O–H groups in total. The third-order valence-electron chi connectivity index (χ3n) is 3.09. The minimum atomic E-state index is -3.83. The molecule has 0 aliphatic carbocycles. The summed E-state index contributed by atoms with van der Waals surface area (Å²) >= 11 is 0. The number of nitro benzene ring substituents is 1. The fraction of sp³-hybridized carbons (Fsp3) is 0.143. The average molecular weight is 326 g/mol. The molecule has 0 aromatic heterocycles. The molecule has 0 aliphatic rings. The van der Waals surface area contributed by atoms with Gasteiger partial charge in [0.15, 0.2) is 0 Å². The second kappa shape index (κ2) is 6.24. The van der Waals surface area contributed by atoms with Crippen LogP contribution in [0.1, 0.15) is 11.1 Å². The van der Waals surface area contributed by atoms with Crippen molar-refractivity contribution >= 4 is 25.4 Å². The molecule has 0 fully saturated rings. The van der Waals surface area contributed by atoms with Crippen molar-refractivity contribution in [3.63, 3.8) is 0 Å². The zero-order valence-corrected chi connectivity index (χ0v) is 12.5. The Balaban J connectivity index is 2.28. The average Bonchev–Trinajstić information content (AvgIpc) is 2.44. The molecular weight excluding hydrogens is 314 g/mol. The summed E-state index contributed by atoms with van der Waals surface area (Å²) in [6.07, 6.45) is 0.716. The van der Waals surface area contributed by atoms with E-state index >= 15 is 0 Å². The molecule has 0 unspecified atom stereocenters. The summed E-state index contributed by atoms with van der Waals surface area (Å²) in [7, 11) is 1.57. The summed E-state index contributed by atoms with van der Waals surface area (Å²) in [5.41, 5.74) is 1.14. The lowest BCUT2D eigenvalue weighted by Crippen LogP contribution is -2.01. The molecule has 2 aromatic rings. The Kier molecular flexibility index (Phi) is 4.59. The maximum atomic E-state index is 11.5. The SMILES string of the molecule is O=[N+]([O-])c1ccccc1CCc1ccccc1S(=O)(=O)Cl. The summed E-state index contributed by atoms with van der Waals surface area (Å²) in [6.45, 7) is 0. The fourth-order valence-corrected chi connectivity index (χ4v) is 3.29. The fourth-order valence-electron chi connectivity index (χ4n) is 2.12. The second-order valence-electron chi connectivity index (χ2n) is 4.43. The van der Waals surface area contributed by atoms with Crippen molar-refractivity contribution in [3.8, 4) is 0 Å². The monoisotopic (exact) mass is 325 g/mol. The van der Waals surface area contributed by atoms with Crippen molar-refractivity contribution in [3.05, 3.63) is 69.8 Å². The lowest BCUT2D eigenvalue weighted by molar-refractivity contribution is -0.385. The molecule has 0 saturated carbocycles. The molecule has 5 nitrogen and oxygen atoms in total. The molecule has 0 aliphatic heterocycles. The molecule has 0 atom stereocenters. The van der Waals surface area contributed by atoms with Gasteiger partial charge in [0.05, 0.1) is 9.82 Å². The number of nitro groups is 1. The van der Waals surface area contributed by atoms with E-state index < -0.39 is 14.0 Å². The number of benzene rings is 2. The van der Waals surface area contributed by atoms with Gasteiger partial charge >= 0.3 is 0 Å². The van der Waals surface area contributed by atoms with E-state index in [-0.39, 0.29) is 10.6 Å². The van der Waals surface area contributed by atoms with E-state index in [0.29, 0.717) is 24.0 Å². The smallest absolute Gasteiger partial charge is 0.258 e. The second-order valence-corrected chi connectivity index (χ2v) is 6.97. The molecule has 2 aromatic carbocycles. The quantitative estimate of drug-likeness (QED) is 0.480. The maximum Gasteiger partial charge on any atom is 0.272 e. The van der Waals surface area contributed by atoms with Crippen LogP contribution in [-0.4, -0.2) is 13.3 Å². The topological polar surface area (TPSA) is 77.3 Å². The van der Waals surface area contributed by atoms with E-state index in [0.717, 1.165) is 0 Å². The number of para-hydroxylation sites is 1. The number of aryl methyl sites for hydroxylation is 2. The van der Waals surface area contributed by atoms with Crippen LogP contribution in [0.4, 0.5) is 5.69 Å². The van der Waals surface area contributed by atoms with Crippen LogP contribution < -0.4 is 0 Å². The highest BCUT2D eigenvalue weighted by Crippen LogP contribution is 2.24. The zero-order chi connectivity index (χ0) is 15.5. The summed E-state index contributed by atoms with van der Waals surface area (Å²) in [4.78, 5) is 10.5. The molecule has 0 heterocycles. The van der Waals surface area contributed by atoms with E-state index in [1.54, 1.807) is 36.4 Å². The molecule has 0 saturated heterocycles. The molecule has 0 bridgehead atoms. The Labute approximate surface area is 126 Å². The first-order chi connectivity index (χ1) is 9.89. The first-order valence-electron chi connectivity index (χ1n) is 6.14. The lowest BCUT2D eigenvalue weighted by Gasteiger charge is -2.07. The molecule has 0 spiro atoms. The molecule has 0 radical (unpaired) electrons. The number of hydrogen-bond donors (Lipinski definition) is 0. The van der Waals surface area contributed by atoms with Crippen molar-refractivity contribution in [1.82, 2.24) is 0 Å². The number of halogens is 1. The van der Waals surface area contributed by atoms with Crippen LogP contribution in [-0.2, 0) is 21.9 Å². The van der Waals surface area contributed by atoms with Gasteiger partial charge in [-0.25, -0.2) is 8.42 Å². The Morgan fingerprint density at radius 1 is 0.952 bits per heavy atom. The van der Waals surface area contributed by atoms with Gasteiger partial charge in [0.1, 0.15) is 0 Å². The summed E-state index contributed by atoms with van der Waals surface area (Å²) in [5.74, 6) is 0. The minimum Gasteiger partial charge on any atom is -0.258 e. The van der Waals surface area contributed by atoms with Gasteiger partial charge in [-0.1, -0.05) is 36.4 Å². The summed E-state index contributed by atoms with van der Waals surface area (Å²) < 4.78 is 23.0. The van der Waals surface area contributed by atoms with E-state index in [1.807, 2.05) is 0 Å². The van der Waals surface area contributed by atoms with Gasteiger partial charge in [0, 0.05) is 22.3 Å². The third-order valence-corrected chi connectivity index (χ3v) is 4.51. The molecule has 2 rings (SSSR count). The van der Waals surface area contributed by atoms with E-state index in [1.165, 1.54) is 12.1 Å².